The van der Waals surface area contributed by atoms with E-state index in [9.17, 15) is 8.78 Å². The molecule has 0 aliphatic rings. The maximum atomic E-state index is 14.0. The molecule has 1 unspecified atom stereocenters. The van der Waals surface area contributed by atoms with Gasteiger partial charge in [-0.3, -0.25) is 4.57 Å². The molecule has 1 N–H and O–H groups in total. The smallest absolute Gasteiger partial charge is 0.208 e. The monoisotopic (exact) mass is 359 g/mol. The minimum Gasteiger partial charge on any atom is -0.383 e. The van der Waals surface area contributed by atoms with Gasteiger partial charge in [-0.2, -0.15) is 0 Å². The first-order valence-corrected chi connectivity index (χ1v) is 7.18. The van der Waals surface area contributed by atoms with Gasteiger partial charge >= 0.3 is 0 Å². The average Bonchev–Trinajstić information content (AvgIpc) is 2.74. The Kier molecular flexibility index (Phi) is 4.95. The lowest BCUT2D eigenvalue weighted by Gasteiger charge is -2.15. The number of aromatic nitrogens is 2. The Morgan fingerprint density at radius 1 is 1.38 bits per heavy atom. The number of hydrogen-bond acceptors (Lipinski definition) is 3. The largest absolute Gasteiger partial charge is 0.383 e. The van der Waals surface area contributed by atoms with Gasteiger partial charge in [0.15, 0.2) is 0 Å². The molecule has 1 heterocycles. The van der Waals surface area contributed by atoms with Crippen molar-refractivity contribution in [1.29, 1.82) is 0 Å². The van der Waals surface area contributed by atoms with E-state index in [2.05, 4.69) is 26.2 Å². The molecule has 0 aliphatic carbocycles. The Morgan fingerprint density at radius 3 is 2.76 bits per heavy atom. The van der Waals surface area contributed by atoms with Gasteiger partial charge in [-0.05, 0) is 35.8 Å². The summed E-state index contributed by atoms with van der Waals surface area (Å²) in [6.07, 6.45) is 1.69. The van der Waals surface area contributed by atoms with Crippen LogP contribution in [0, 0.1) is 18.6 Å². The van der Waals surface area contributed by atoms with E-state index < -0.39 is 11.6 Å². The van der Waals surface area contributed by atoms with Crippen LogP contribution in [0.1, 0.15) is 12.6 Å². The SMILES string of the molecule is COCC(C)Nc1nc(C)cn1-c1cc(Br)c(F)cc1F. The van der Waals surface area contributed by atoms with Crippen molar-refractivity contribution in [3.05, 3.63) is 40.1 Å². The Hall–Kier alpha value is -1.47. The van der Waals surface area contributed by atoms with Gasteiger partial charge in [-0.25, -0.2) is 13.8 Å². The highest BCUT2D eigenvalue weighted by Gasteiger charge is 2.15. The molecule has 114 valence electrons. The maximum Gasteiger partial charge on any atom is 0.208 e. The number of imidazole rings is 1. The van der Waals surface area contributed by atoms with E-state index in [1.54, 1.807) is 24.8 Å². The Labute approximate surface area is 130 Å². The summed E-state index contributed by atoms with van der Waals surface area (Å²) in [6.45, 7) is 4.22. The molecule has 4 nitrogen and oxygen atoms in total. The number of nitrogens with zero attached hydrogens (tertiary/aromatic N) is 2. The third-order valence-electron chi connectivity index (χ3n) is 2.87. The number of rotatable bonds is 5. The second kappa shape index (κ2) is 6.53. The molecule has 0 aliphatic heterocycles. The lowest BCUT2D eigenvalue weighted by Crippen LogP contribution is -2.23. The fraction of sp³-hybridized carbons (Fsp3) is 0.357. The molecule has 0 spiro atoms. The van der Waals surface area contributed by atoms with Crippen molar-refractivity contribution in [2.24, 2.45) is 0 Å². The summed E-state index contributed by atoms with van der Waals surface area (Å²) in [7, 11) is 1.60. The highest BCUT2D eigenvalue weighted by molar-refractivity contribution is 9.10. The van der Waals surface area contributed by atoms with Gasteiger partial charge in [0.2, 0.25) is 5.95 Å². The van der Waals surface area contributed by atoms with Crippen molar-refractivity contribution in [2.45, 2.75) is 19.9 Å². The molecule has 1 aromatic carbocycles. The molecule has 1 atom stereocenters. The van der Waals surface area contributed by atoms with Gasteiger partial charge in [0.25, 0.3) is 0 Å². The van der Waals surface area contributed by atoms with Crippen LogP contribution in [0.3, 0.4) is 0 Å². The minimum atomic E-state index is -0.657. The lowest BCUT2D eigenvalue weighted by molar-refractivity contribution is 0.190. The summed E-state index contributed by atoms with van der Waals surface area (Å²) in [6, 6.07) is 2.23. The predicted molar refractivity (Wildman–Crippen MR) is 80.9 cm³/mol. The minimum absolute atomic E-state index is 0.00232. The summed E-state index contributed by atoms with van der Waals surface area (Å²) in [5.41, 5.74) is 0.943. The van der Waals surface area contributed by atoms with Crippen molar-refractivity contribution in [3.63, 3.8) is 0 Å². The zero-order chi connectivity index (χ0) is 15.6. The van der Waals surface area contributed by atoms with E-state index >= 15 is 0 Å². The van der Waals surface area contributed by atoms with Crippen LogP contribution >= 0.6 is 15.9 Å². The molecule has 0 saturated carbocycles. The van der Waals surface area contributed by atoms with Crippen molar-refractivity contribution < 1.29 is 13.5 Å². The fourth-order valence-electron chi connectivity index (χ4n) is 1.99. The summed E-state index contributed by atoms with van der Waals surface area (Å²) in [4.78, 5) is 4.32. The van der Waals surface area contributed by atoms with Gasteiger partial charge in [0, 0.05) is 25.4 Å². The number of nitrogens with one attached hydrogen (secondary N) is 1. The molecule has 0 saturated heterocycles. The quantitative estimate of drug-likeness (QED) is 0.827. The van der Waals surface area contributed by atoms with Crippen LogP contribution in [0.4, 0.5) is 14.7 Å². The van der Waals surface area contributed by atoms with E-state index in [0.29, 0.717) is 12.6 Å². The first-order chi connectivity index (χ1) is 9.92. The number of anilines is 1. The average molecular weight is 360 g/mol. The highest BCUT2D eigenvalue weighted by atomic mass is 79.9. The van der Waals surface area contributed by atoms with Gasteiger partial charge in [-0.1, -0.05) is 0 Å². The van der Waals surface area contributed by atoms with Gasteiger partial charge in [0.1, 0.15) is 11.6 Å². The number of methoxy groups -OCH3 is 1. The molecular weight excluding hydrogens is 344 g/mol. The number of halogens is 3. The summed E-state index contributed by atoms with van der Waals surface area (Å²) in [5, 5.41) is 3.14. The Balaban J connectivity index is 2.42. The molecule has 0 bridgehead atoms. The molecule has 7 heteroatoms. The van der Waals surface area contributed by atoms with Crippen LogP contribution < -0.4 is 5.32 Å². The molecule has 2 rings (SSSR count). The van der Waals surface area contributed by atoms with Crippen molar-refractivity contribution in [3.8, 4) is 5.69 Å². The third kappa shape index (κ3) is 3.59. The van der Waals surface area contributed by atoms with Gasteiger partial charge in [0.05, 0.1) is 22.5 Å². The third-order valence-corrected chi connectivity index (χ3v) is 3.48. The first kappa shape index (κ1) is 15.9. The van der Waals surface area contributed by atoms with Crippen LogP contribution in [0.25, 0.3) is 5.69 Å². The molecule has 1 aromatic heterocycles. The van der Waals surface area contributed by atoms with Crippen molar-refractivity contribution in [2.75, 3.05) is 19.0 Å². The van der Waals surface area contributed by atoms with Crippen LogP contribution in [-0.2, 0) is 4.74 Å². The molecule has 0 amide bonds. The topological polar surface area (TPSA) is 39.1 Å². The van der Waals surface area contributed by atoms with Crippen LogP contribution in [0.15, 0.2) is 22.8 Å². The fourth-order valence-corrected chi connectivity index (χ4v) is 2.32. The van der Waals surface area contributed by atoms with Gasteiger partial charge < -0.3 is 10.1 Å². The predicted octanol–water partition coefficient (Wildman–Crippen LogP) is 3.67. The zero-order valence-electron chi connectivity index (χ0n) is 12.0. The Morgan fingerprint density at radius 2 is 2.10 bits per heavy atom. The normalized spacial score (nSPS) is 12.5. The standard InChI is InChI=1S/C14H16BrF2N3O/c1-8-6-20(14(18-8)19-9(2)7-21-3)13-4-10(15)11(16)5-12(13)17/h4-6,9H,7H2,1-3H3,(H,18,19). The van der Waals surface area contributed by atoms with E-state index in [1.165, 1.54) is 6.07 Å². The van der Waals surface area contributed by atoms with E-state index in [0.717, 1.165) is 11.8 Å². The summed E-state index contributed by atoms with van der Waals surface area (Å²) in [5.74, 6) is -0.819. The summed E-state index contributed by atoms with van der Waals surface area (Å²) >= 11 is 3.07. The molecule has 21 heavy (non-hydrogen) atoms. The van der Waals surface area contributed by atoms with Crippen LogP contribution in [0.5, 0.6) is 0 Å². The maximum absolute atomic E-state index is 14.0. The summed E-state index contributed by atoms with van der Waals surface area (Å²) < 4.78 is 34.2. The zero-order valence-corrected chi connectivity index (χ0v) is 13.5. The second-order valence-corrected chi connectivity index (χ2v) is 5.65. The van der Waals surface area contributed by atoms with E-state index in [1.807, 2.05) is 6.92 Å². The lowest BCUT2D eigenvalue weighted by atomic mass is 10.3. The number of hydrogen-bond donors (Lipinski definition) is 1. The van der Waals surface area contributed by atoms with E-state index in [-0.39, 0.29) is 16.2 Å². The highest BCUT2D eigenvalue weighted by Crippen LogP contribution is 2.26. The van der Waals surface area contributed by atoms with Crippen LogP contribution in [0.2, 0.25) is 0 Å². The first-order valence-electron chi connectivity index (χ1n) is 6.38. The molecule has 2 aromatic rings. The van der Waals surface area contributed by atoms with E-state index in [4.69, 9.17) is 4.74 Å². The molecular formula is C14H16BrF2N3O. The number of ether oxygens (including phenoxy) is 1. The van der Waals surface area contributed by atoms with Crippen molar-refractivity contribution in [1.82, 2.24) is 9.55 Å². The number of benzene rings is 1. The van der Waals surface area contributed by atoms with Crippen LogP contribution in [-0.4, -0.2) is 29.3 Å². The number of aryl methyl sites for hydroxylation is 1. The second-order valence-electron chi connectivity index (χ2n) is 4.79. The molecule has 0 radical (unpaired) electrons. The molecule has 0 fully saturated rings. The Bertz CT molecular complexity index is 645. The van der Waals surface area contributed by atoms with Gasteiger partial charge in [-0.15, -0.1) is 0 Å². The van der Waals surface area contributed by atoms with Crippen molar-refractivity contribution >= 4 is 21.9 Å².